The third-order valence-electron chi connectivity index (χ3n) is 2.68. The number of carboxylic acids is 1. The Kier molecular flexibility index (Phi) is 5.17. The number of methoxy groups -OCH3 is 1. The molecule has 0 aliphatic rings. The second-order valence-electron chi connectivity index (χ2n) is 4.11. The molecule has 1 rings (SSSR count). The SMILES string of the molecule is CCCC(NC(=O)c1ccc(OC)cc1N)C(=O)O. The van der Waals surface area contributed by atoms with Crippen LogP contribution in [0.15, 0.2) is 18.2 Å². The summed E-state index contributed by atoms with van der Waals surface area (Å²) in [5.74, 6) is -1.01. The van der Waals surface area contributed by atoms with E-state index < -0.39 is 17.9 Å². The number of nitrogens with two attached hydrogens (primary N) is 1. The zero-order chi connectivity index (χ0) is 14.4. The lowest BCUT2D eigenvalue weighted by atomic mass is 10.1. The topological polar surface area (TPSA) is 102 Å². The third-order valence-corrected chi connectivity index (χ3v) is 2.68. The van der Waals surface area contributed by atoms with Crippen LogP contribution in [0.5, 0.6) is 5.75 Å². The van der Waals surface area contributed by atoms with Crippen LogP contribution in [0.2, 0.25) is 0 Å². The number of rotatable bonds is 6. The van der Waals surface area contributed by atoms with Gasteiger partial charge in [0.2, 0.25) is 0 Å². The summed E-state index contributed by atoms with van der Waals surface area (Å²) in [7, 11) is 1.50. The van der Waals surface area contributed by atoms with E-state index in [-0.39, 0.29) is 11.3 Å². The quantitative estimate of drug-likeness (QED) is 0.673. The van der Waals surface area contributed by atoms with Crippen molar-refractivity contribution in [3.05, 3.63) is 23.8 Å². The zero-order valence-corrected chi connectivity index (χ0v) is 11.0. The number of carboxylic acid groups (broad SMARTS) is 1. The van der Waals surface area contributed by atoms with Crippen LogP contribution in [0.25, 0.3) is 0 Å². The van der Waals surface area contributed by atoms with E-state index in [9.17, 15) is 9.59 Å². The molecule has 0 aliphatic heterocycles. The van der Waals surface area contributed by atoms with Crippen molar-refractivity contribution in [2.75, 3.05) is 12.8 Å². The summed E-state index contributed by atoms with van der Waals surface area (Å²) >= 11 is 0. The first-order chi connectivity index (χ1) is 8.99. The number of amides is 1. The van der Waals surface area contributed by atoms with Crippen LogP contribution in [0.1, 0.15) is 30.1 Å². The van der Waals surface area contributed by atoms with Crippen molar-refractivity contribution in [1.82, 2.24) is 5.32 Å². The molecule has 0 bridgehead atoms. The molecular weight excluding hydrogens is 248 g/mol. The van der Waals surface area contributed by atoms with Crippen molar-refractivity contribution < 1.29 is 19.4 Å². The highest BCUT2D eigenvalue weighted by atomic mass is 16.5. The number of ether oxygens (including phenoxy) is 1. The lowest BCUT2D eigenvalue weighted by Crippen LogP contribution is -2.40. The Morgan fingerprint density at radius 1 is 1.47 bits per heavy atom. The molecule has 19 heavy (non-hydrogen) atoms. The second-order valence-corrected chi connectivity index (χ2v) is 4.11. The predicted molar refractivity (Wildman–Crippen MR) is 71.2 cm³/mol. The van der Waals surface area contributed by atoms with Crippen molar-refractivity contribution in [2.45, 2.75) is 25.8 Å². The first-order valence-electron chi connectivity index (χ1n) is 5.96. The van der Waals surface area contributed by atoms with E-state index in [0.29, 0.717) is 18.6 Å². The second kappa shape index (κ2) is 6.63. The van der Waals surface area contributed by atoms with Crippen LogP contribution >= 0.6 is 0 Å². The van der Waals surface area contributed by atoms with Gasteiger partial charge in [-0.25, -0.2) is 4.79 Å². The van der Waals surface area contributed by atoms with Gasteiger partial charge < -0.3 is 20.9 Å². The highest BCUT2D eigenvalue weighted by molar-refractivity contribution is 6.01. The van der Waals surface area contributed by atoms with Gasteiger partial charge in [-0.2, -0.15) is 0 Å². The summed E-state index contributed by atoms with van der Waals surface area (Å²) in [6, 6.07) is 3.72. The molecule has 4 N–H and O–H groups in total. The minimum absolute atomic E-state index is 0.239. The third kappa shape index (κ3) is 3.87. The highest BCUT2D eigenvalue weighted by Crippen LogP contribution is 2.19. The van der Waals surface area contributed by atoms with Crippen LogP contribution < -0.4 is 15.8 Å². The molecule has 0 radical (unpaired) electrons. The standard InChI is InChI=1S/C13H18N2O4/c1-3-4-11(13(17)18)15-12(16)9-6-5-8(19-2)7-10(9)14/h5-7,11H,3-4,14H2,1-2H3,(H,15,16)(H,17,18). The Bertz CT molecular complexity index is 474. The molecule has 104 valence electrons. The van der Waals surface area contributed by atoms with Crippen molar-refractivity contribution in [3.63, 3.8) is 0 Å². The molecule has 1 aromatic rings. The van der Waals surface area contributed by atoms with Crippen LogP contribution in [-0.4, -0.2) is 30.1 Å². The first kappa shape index (κ1) is 14.8. The van der Waals surface area contributed by atoms with Gasteiger partial charge in [0.1, 0.15) is 11.8 Å². The lowest BCUT2D eigenvalue weighted by molar-refractivity contribution is -0.139. The van der Waals surface area contributed by atoms with Gasteiger partial charge in [-0.3, -0.25) is 4.79 Å². The maximum absolute atomic E-state index is 12.0. The Labute approximate surface area is 111 Å². The van der Waals surface area contributed by atoms with Gasteiger partial charge in [0.25, 0.3) is 5.91 Å². The number of carbonyl (C=O) groups is 2. The van der Waals surface area contributed by atoms with E-state index in [2.05, 4.69) is 5.32 Å². The number of benzene rings is 1. The van der Waals surface area contributed by atoms with E-state index in [1.807, 2.05) is 6.92 Å². The van der Waals surface area contributed by atoms with Gasteiger partial charge in [-0.1, -0.05) is 13.3 Å². The summed E-state index contributed by atoms with van der Waals surface area (Å²) in [4.78, 5) is 22.9. The fourth-order valence-electron chi connectivity index (χ4n) is 1.66. The molecule has 1 amide bonds. The summed E-state index contributed by atoms with van der Waals surface area (Å²) in [6.07, 6.45) is 1.03. The Morgan fingerprint density at radius 3 is 2.63 bits per heavy atom. The molecule has 1 unspecified atom stereocenters. The largest absolute Gasteiger partial charge is 0.497 e. The summed E-state index contributed by atoms with van der Waals surface area (Å²) in [5, 5.41) is 11.4. The molecule has 0 fully saturated rings. The first-order valence-corrected chi connectivity index (χ1v) is 5.96. The van der Waals surface area contributed by atoms with Crippen LogP contribution in [0, 0.1) is 0 Å². The van der Waals surface area contributed by atoms with E-state index >= 15 is 0 Å². The highest BCUT2D eigenvalue weighted by Gasteiger charge is 2.20. The van der Waals surface area contributed by atoms with E-state index in [1.54, 1.807) is 6.07 Å². The van der Waals surface area contributed by atoms with Gasteiger partial charge in [0, 0.05) is 11.8 Å². The molecule has 0 spiro atoms. The summed E-state index contributed by atoms with van der Waals surface area (Å²) in [6.45, 7) is 1.85. The van der Waals surface area contributed by atoms with Crippen molar-refractivity contribution in [1.29, 1.82) is 0 Å². The van der Waals surface area contributed by atoms with Crippen LogP contribution in [0.4, 0.5) is 5.69 Å². The van der Waals surface area contributed by atoms with E-state index in [0.717, 1.165) is 0 Å². The number of nitrogens with one attached hydrogen (secondary N) is 1. The van der Waals surface area contributed by atoms with Gasteiger partial charge in [-0.05, 0) is 18.6 Å². The van der Waals surface area contributed by atoms with E-state index in [1.165, 1.54) is 19.2 Å². The molecule has 0 aromatic heterocycles. The fourth-order valence-corrected chi connectivity index (χ4v) is 1.66. The van der Waals surface area contributed by atoms with Gasteiger partial charge in [0.15, 0.2) is 0 Å². The Balaban J connectivity index is 2.85. The maximum Gasteiger partial charge on any atom is 0.326 e. The van der Waals surface area contributed by atoms with Crippen LogP contribution in [0.3, 0.4) is 0 Å². The number of hydrogen-bond acceptors (Lipinski definition) is 4. The zero-order valence-electron chi connectivity index (χ0n) is 11.0. The smallest absolute Gasteiger partial charge is 0.326 e. The number of nitrogen functional groups attached to an aromatic ring is 1. The van der Waals surface area contributed by atoms with Crippen molar-refractivity contribution in [2.24, 2.45) is 0 Å². The lowest BCUT2D eigenvalue weighted by Gasteiger charge is -2.14. The van der Waals surface area contributed by atoms with Crippen LogP contribution in [-0.2, 0) is 4.79 Å². The van der Waals surface area contributed by atoms with E-state index in [4.69, 9.17) is 15.6 Å². The monoisotopic (exact) mass is 266 g/mol. The average molecular weight is 266 g/mol. The number of hydrogen-bond donors (Lipinski definition) is 3. The van der Waals surface area contributed by atoms with Crippen molar-refractivity contribution >= 4 is 17.6 Å². The molecule has 0 saturated heterocycles. The summed E-state index contributed by atoms with van der Waals surface area (Å²) < 4.78 is 4.98. The number of carbonyl (C=O) groups excluding carboxylic acids is 1. The molecule has 0 heterocycles. The molecular formula is C13H18N2O4. The Morgan fingerprint density at radius 2 is 2.16 bits per heavy atom. The van der Waals surface area contributed by atoms with Crippen molar-refractivity contribution in [3.8, 4) is 5.75 Å². The van der Waals surface area contributed by atoms with Gasteiger partial charge >= 0.3 is 5.97 Å². The molecule has 0 aliphatic carbocycles. The number of anilines is 1. The minimum atomic E-state index is -1.05. The maximum atomic E-state index is 12.0. The normalized spacial score (nSPS) is 11.7. The molecule has 0 saturated carbocycles. The molecule has 6 nitrogen and oxygen atoms in total. The molecule has 6 heteroatoms. The van der Waals surface area contributed by atoms with Gasteiger partial charge in [0.05, 0.1) is 12.7 Å². The molecule has 1 atom stereocenters. The fraction of sp³-hybridized carbons (Fsp3) is 0.385. The molecule has 1 aromatic carbocycles. The average Bonchev–Trinajstić information content (AvgIpc) is 2.37. The minimum Gasteiger partial charge on any atom is -0.497 e. The Hall–Kier alpha value is -2.24. The van der Waals surface area contributed by atoms with Gasteiger partial charge in [-0.15, -0.1) is 0 Å². The number of aliphatic carboxylic acids is 1. The summed E-state index contributed by atoms with van der Waals surface area (Å²) in [5.41, 5.74) is 6.22. The predicted octanol–water partition coefficient (Wildman–Crippen LogP) is 1.26.